The van der Waals surface area contributed by atoms with Gasteiger partial charge in [0.2, 0.25) is 5.91 Å². The molecular formula is C12H15F3N2O. The van der Waals surface area contributed by atoms with Crippen molar-refractivity contribution in [2.45, 2.75) is 6.42 Å². The highest BCUT2D eigenvalue weighted by atomic mass is 19.2. The largest absolute Gasteiger partial charge is 0.349 e. The van der Waals surface area contributed by atoms with Gasteiger partial charge in [-0.3, -0.25) is 4.79 Å². The molecule has 0 spiro atoms. The van der Waals surface area contributed by atoms with E-state index in [-0.39, 0.29) is 24.4 Å². The average Bonchev–Trinajstić information content (AvgIpc) is 2.31. The normalized spacial score (nSPS) is 12.3. The van der Waals surface area contributed by atoms with Crippen molar-refractivity contribution in [3.05, 3.63) is 35.1 Å². The molecule has 0 radical (unpaired) electrons. The highest BCUT2D eigenvalue weighted by Crippen LogP contribution is 2.17. The first-order valence-corrected chi connectivity index (χ1v) is 5.41. The van der Waals surface area contributed by atoms with Gasteiger partial charge < -0.3 is 10.6 Å². The van der Waals surface area contributed by atoms with Gasteiger partial charge in [-0.15, -0.1) is 0 Å². The number of nitrogens with zero attached hydrogens (tertiary/aromatic N) is 1. The molecule has 1 unspecified atom stereocenters. The summed E-state index contributed by atoms with van der Waals surface area (Å²) in [6, 6.07) is 1.76. The lowest BCUT2D eigenvalue weighted by atomic mass is 9.98. The van der Waals surface area contributed by atoms with Gasteiger partial charge in [0.25, 0.3) is 0 Å². The predicted molar refractivity (Wildman–Crippen MR) is 61.3 cm³/mol. The molecule has 1 rings (SSSR count). The minimum atomic E-state index is -1.51. The van der Waals surface area contributed by atoms with Gasteiger partial charge >= 0.3 is 0 Å². The zero-order valence-electron chi connectivity index (χ0n) is 10.2. The van der Waals surface area contributed by atoms with E-state index in [0.717, 1.165) is 12.1 Å². The Balaban J connectivity index is 2.92. The maximum absolute atomic E-state index is 13.0. The first-order valence-electron chi connectivity index (χ1n) is 5.41. The van der Waals surface area contributed by atoms with E-state index in [1.165, 1.54) is 4.90 Å². The number of benzene rings is 1. The van der Waals surface area contributed by atoms with E-state index in [1.807, 2.05) is 0 Å². The lowest BCUT2D eigenvalue weighted by Gasteiger charge is -2.19. The number of nitrogens with two attached hydrogens (primary N) is 1. The minimum absolute atomic E-state index is 0.0532. The summed E-state index contributed by atoms with van der Waals surface area (Å²) in [7, 11) is 3.13. The summed E-state index contributed by atoms with van der Waals surface area (Å²) in [6.07, 6.45) is 0.0711. The van der Waals surface area contributed by atoms with E-state index in [2.05, 4.69) is 0 Å². The number of hydrogen-bond acceptors (Lipinski definition) is 2. The van der Waals surface area contributed by atoms with E-state index >= 15 is 0 Å². The Morgan fingerprint density at radius 2 is 1.78 bits per heavy atom. The van der Waals surface area contributed by atoms with Crippen LogP contribution in [0.4, 0.5) is 13.2 Å². The van der Waals surface area contributed by atoms with Crippen molar-refractivity contribution in [3.8, 4) is 0 Å². The summed E-state index contributed by atoms with van der Waals surface area (Å²) in [4.78, 5) is 13.1. The summed E-state index contributed by atoms with van der Waals surface area (Å²) < 4.78 is 38.8. The standard InChI is InChI=1S/C12H15F3N2O/c1-17(2)12(18)8(6-16)3-7-4-9(13)11(15)10(14)5-7/h4-5,8H,3,6,16H2,1-2H3. The molecule has 1 amide bonds. The first-order chi connectivity index (χ1) is 8.36. The van der Waals surface area contributed by atoms with Crippen molar-refractivity contribution >= 4 is 5.91 Å². The van der Waals surface area contributed by atoms with Gasteiger partial charge in [-0.2, -0.15) is 0 Å². The van der Waals surface area contributed by atoms with Gasteiger partial charge in [0.1, 0.15) is 0 Å². The molecule has 0 aromatic heterocycles. The number of hydrogen-bond donors (Lipinski definition) is 1. The molecule has 1 aromatic carbocycles. The SMILES string of the molecule is CN(C)C(=O)C(CN)Cc1cc(F)c(F)c(F)c1. The second-order valence-electron chi connectivity index (χ2n) is 4.24. The predicted octanol–water partition coefficient (Wildman–Crippen LogP) is 1.31. The van der Waals surface area contributed by atoms with Crippen molar-refractivity contribution in [2.24, 2.45) is 11.7 Å². The molecule has 2 N–H and O–H groups in total. The number of rotatable bonds is 4. The third-order valence-corrected chi connectivity index (χ3v) is 2.60. The minimum Gasteiger partial charge on any atom is -0.349 e. The highest BCUT2D eigenvalue weighted by molar-refractivity contribution is 5.78. The Morgan fingerprint density at radius 3 is 2.17 bits per heavy atom. The fourth-order valence-electron chi connectivity index (χ4n) is 1.65. The van der Waals surface area contributed by atoms with Crippen LogP contribution < -0.4 is 5.73 Å². The Labute approximate surface area is 103 Å². The van der Waals surface area contributed by atoms with Crippen LogP contribution in [0.3, 0.4) is 0 Å². The molecule has 0 saturated heterocycles. The molecule has 0 heterocycles. The maximum Gasteiger partial charge on any atom is 0.226 e. The molecule has 100 valence electrons. The van der Waals surface area contributed by atoms with E-state index < -0.39 is 23.4 Å². The van der Waals surface area contributed by atoms with Gasteiger partial charge in [0.15, 0.2) is 17.5 Å². The van der Waals surface area contributed by atoms with Crippen molar-refractivity contribution in [1.29, 1.82) is 0 Å². The molecule has 0 saturated carbocycles. The molecule has 18 heavy (non-hydrogen) atoms. The summed E-state index contributed by atoms with van der Waals surface area (Å²) in [6.45, 7) is 0.0532. The molecule has 1 aromatic rings. The third kappa shape index (κ3) is 3.22. The van der Waals surface area contributed by atoms with Crippen molar-refractivity contribution in [3.63, 3.8) is 0 Å². The van der Waals surface area contributed by atoms with Crippen LogP contribution in [0.25, 0.3) is 0 Å². The lowest BCUT2D eigenvalue weighted by Crippen LogP contribution is -2.35. The Morgan fingerprint density at radius 1 is 1.28 bits per heavy atom. The summed E-state index contributed by atoms with van der Waals surface area (Å²) >= 11 is 0. The van der Waals surface area contributed by atoms with Gasteiger partial charge in [0.05, 0.1) is 5.92 Å². The highest BCUT2D eigenvalue weighted by Gasteiger charge is 2.20. The van der Waals surface area contributed by atoms with Crippen LogP contribution in [0.1, 0.15) is 5.56 Å². The average molecular weight is 260 g/mol. The molecular weight excluding hydrogens is 245 g/mol. The Hall–Kier alpha value is -1.56. The fraction of sp³-hybridized carbons (Fsp3) is 0.417. The Kier molecular flexibility index (Phi) is 4.72. The van der Waals surface area contributed by atoms with Crippen LogP contribution >= 0.6 is 0 Å². The molecule has 0 fully saturated rings. The quantitative estimate of drug-likeness (QED) is 0.830. The summed E-state index contributed by atoms with van der Waals surface area (Å²) in [5.74, 6) is -4.86. The van der Waals surface area contributed by atoms with Crippen LogP contribution in [0, 0.1) is 23.4 Å². The summed E-state index contributed by atoms with van der Waals surface area (Å²) in [5, 5.41) is 0. The lowest BCUT2D eigenvalue weighted by molar-refractivity contribution is -0.132. The molecule has 0 aliphatic carbocycles. The number of halogens is 3. The maximum atomic E-state index is 13.0. The van der Waals surface area contributed by atoms with Crippen LogP contribution in [0.15, 0.2) is 12.1 Å². The van der Waals surface area contributed by atoms with Crippen LogP contribution in [0.2, 0.25) is 0 Å². The Bertz CT molecular complexity index is 426. The smallest absolute Gasteiger partial charge is 0.226 e. The van der Waals surface area contributed by atoms with Crippen LogP contribution in [-0.4, -0.2) is 31.4 Å². The zero-order valence-corrected chi connectivity index (χ0v) is 10.2. The number of carbonyl (C=O) groups is 1. The molecule has 3 nitrogen and oxygen atoms in total. The van der Waals surface area contributed by atoms with Crippen molar-refractivity contribution in [1.82, 2.24) is 4.90 Å². The van der Waals surface area contributed by atoms with E-state index in [0.29, 0.717) is 0 Å². The second kappa shape index (κ2) is 5.86. The zero-order chi connectivity index (χ0) is 13.9. The topological polar surface area (TPSA) is 46.3 Å². The first kappa shape index (κ1) is 14.5. The molecule has 0 aliphatic heterocycles. The molecule has 1 atom stereocenters. The third-order valence-electron chi connectivity index (χ3n) is 2.60. The molecule has 0 aliphatic rings. The van der Waals surface area contributed by atoms with Gasteiger partial charge in [-0.25, -0.2) is 13.2 Å². The fourth-order valence-corrected chi connectivity index (χ4v) is 1.65. The monoisotopic (exact) mass is 260 g/mol. The number of carbonyl (C=O) groups excluding carboxylic acids is 1. The van der Waals surface area contributed by atoms with Crippen LogP contribution in [-0.2, 0) is 11.2 Å². The van der Waals surface area contributed by atoms with E-state index in [4.69, 9.17) is 5.73 Å². The van der Waals surface area contributed by atoms with Gasteiger partial charge in [0, 0.05) is 20.6 Å². The van der Waals surface area contributed by atoms with Crippen molar-refractivity contribution in [2.75, 3.05) is 20.6 Å². The van der Waals surface area contributed by atoms with Crippen molar-refractivity contribution < 1.29 is 18.0 Å². The molecule has 0 bridgehead atoms. The summed E-state index contributed by atoms with van der Waals surface area (Å²) in [5.41, 5.74) is 5.66. The van der Waals surface area contributed by atoms with Gasteiger partial charge in [-0.1, -0.05) is 0 Å². The van der Waals surface area contributed by atoms with Gasteiger partial charge in [-0.05, 0) is 24.1 Å². The number of amides is 1. The molecule has 6 heteroatoms. The van der Waals surface area contributed by atoms with E-state index in [9.17, 15) is 18.0 Å². The second-order valence-corrected chi connectivity index (χ2v) is 4.24. The van der Waals surface area contributed by atoms with Crippen LogP contribution in [0.5, 0.6) is 0 Å². The van der Waals surface area contributed by atoms with E-state index in [1.54, 1.807) is 14.1 Å².